The molecule has 0 fully saturated rings. The van der Waals surface area contributed by atoms with Gasteiger partial charge in [0.25, 0.3) is 0 Å². The molecule has 0 saturated carbocycles. The van der Waals surface area contributed by atoms with Crippen molar-refractivity contribution in [3.63, 3.8) is 0 Å². The van der Waals surface area contributed by atoms with Gasteiger partial charge in [-0.3, -0.25) is 4.79 Å². The minimum Gasteiger partial charge on any atom is -0.466 e. The first-order valence-corrected chi connectivity index (χ1v) is 5.30. The van der Waals surface area contributed by atoms with Crippen molar-refractivity contribution in [2.75, 3.05) is 13.7 Å². The van der Waals surface area contributed by atoms with E-state index in [9.17, 15) is 4.79 Å². The standard InChI is InChI=1S/C10H14O3S/c1-3-13-10(11)6-8-4-5-9(14-8)7-12-2/h4-5H,3,6-7H2,1-2H3. The predicted octanol–water partition coefficient (Wildman–Crippen LogP) is 2.00. The molecule has 1 rings (SSSR count). The number of carbonyl (C=O) groups is 1. The van der Waals surface area contributed by atoms with Gasteiger partial charge in [0.05, 0.1) is 19.6 Å². The number of ether oxygens (including phenoxy) is 2. The molecule has 1 aromatic rings. The Balaban J connectivity index is 2.46. The highest BCUT2D eigenvalue weighted by Gasteiger charge is 2.06. The summed E-state index contributed by atoms with van der Waals surface area (Å²) in [6, 6.07) is 3.92. The third kappa shape index (κ3) is 3.47. The van der Waals surface area contributed by atoms with Crippen molar-refractivity contribution in [2.24, 2.45) is 0 Å². The SMILES string of the molecule is CCOC(=O)Cc1ccc(COC)s1. The molecule has 0 bridgehead atoms. The number of esters is 1. The minimum absolute atomic E-state index is 0.168. The van der Waals surface area contributed by atoms with Crippen LogP contribution < -0.4 is 0 Å². The van der Waals surface area contributed by atoms with E-state index in [-0.39, 0.29) is 5.97 Å². The summed E-state index contributed by atoms with van der Waals surface area (Å²) in [4.78, 5) is 13.3. The van der Waals surface area contributed by atoms with Crippen molar-refractivity contribution in [1.82, 2.24) is 0 Å². The van der Waals surface area contributed by atoms with Crippen LogP contribution in [0.4, 0.5) is 0 Å². The van der Waals surface area contributed by atoms with Crippen molar-refractivity contribution in [3.8, 4) is 0 Å². The summed E-state index contributed by atoms with van der Waals surface area (Å²) in [6.07, 6.45) is 0.363. The Bertz CT molecular complexity index is 293. The molecule has 0 aliphatic carbocycles. The maximum Gasteiger partial charge on any atom is 0.311 e. The summed E-state index contributed by atoms with van der Waals surface area (Å²) in [5, 5.41) is 0. The molecule has 0 saturated heterocycles. The average molecular weight is 214 g/mol. The van der Waals surface area contributed by atoms with Crippen LogP contribution in [0, 0.1) is 0 Å². The van der Waals surface area contributed by atoms with E-state index < -0.39 is 0 Å². The van der Waals surface area contributed by atoms with E-state index in [1.54, 1.807) is 18.4 Å². The zero-order chi connectivity index (χ0) is 10.4. The lowest BCUT2D eigenvalue weighted by molar-refractivity contribution is -0.142. The Morgan fingerprint density at radius 3 is 2.79 bits per heavy atom. The van der Waals surface area contributed by atoms with Gasteiger partial charge < -0.3 is 9.47 Å². The lowest BCUT2D eigenvalue weighted by Crippen LogP contribution is -2.06. The van der Waals surface area contributed by atoms with Gasteiger partial charge in [-0.1, -0.05) is 0 Å². The van der Waals surface area contributed by atoms with Crippen molar-refractivity contribution in [3.05, 3.63) is 21.9 Å². The Hall–Kier alpha value is -0.870. The molecular weight excluding hydrogens is 200 g/mol. The number of hydrogen-bond donors (Lipinski definition) is 0. The van der Waals surface area contributed by atoms with E-state index in [0.717, 1.165) is 9.75 Å². The lowest BCUT2D eigenvalue weighted by Gasteiger charge is -1.98. The van der Waals surface area contributed by atoms with Gasteiger partial charge in [-0.25, -0.2) is 0 Å². The van der Waals surface area contributed by atoms with Crippen LogP contribution in [-0.4, -0.2) is 19.7 Å². The van der Waals surface area contributed by atoms with E-state index in [1.165, 1.54) is 0 Å². The van der Waals surface area contributed by atoms with Crippen molar-refractivity contribution >= 4 is 17.3 Å². The topological polar surface area (TPSA) is 35.5 Å². The van der Waals surface area contributed by atoms with Crippen LogP contribution in [0.2, 0.25) is 0 Å². The first-order chi connectivity index (χ1) is 6.76. The van der Waals surface area contributed by atoms with Crippen LogP contribution in [0.25, 0.3) is 0 Å². The molecule has 0 aromatic carbocycles. The minimum atomic E-state index is -0.168. The highest BCUT2D eigenvalue weighted by atomic mass is 32.1. The van der Waals surface area contributed by atoms with Crippen molar-refractivity contribution < 1.29 is 14.3 Å². The monoisotopic (exact) mass is 214 g/mol. The Labute approximate surface area is 87.7 Å². The van der Waals surface area contributed by atoms with E-state index in [2.05, 4.69) is 0 Å². The van der Waals surface area contributed by atoms with Gasteiger partial charge in [0.15, 0.2) is 0 Å². The first-order valence-electron chi connectivity index (χ1n) is 4.48. The molecule has 14 heavy (non-hydrogen) atoms. The van der Waals surface area contributed by atoms with Gasteiger partial charge >= 0.3 is 5.97 Å². The highest BCUT2D eigenvalue weighted by Crippen LogP contribution is 2.17. The summed E-state index contributed by atoms with van der Waals surface area (Å²) in [5.74, 6) is -0.168. The van der Waals surface area contributed by atoms with Crippen LogP contribution in [0.1, 0.15) is 16.7 Å². The second-order valence-corrected chi connectivity index (χ2v) is 4.04. The van der Waals surface area contributed by atoms with Gasteiger partial charge in [-0.2, -0.15) is 0 Å². The van der Waals surface area contributed by atoms with Crippen LogP contribution in [0.5, 0.6) is 0 Å². The fraction of sp³-hybridized carbons (Fsp3) is 0.500. The third-order valence-electron chi connectivity index (χ3n) is 1.63. The molecule has 0 amide bonds. The van der Waals surface area contributed by atoms with Crippen LogP contribution in [0.15, 0.2) is 12.1 Å². The van der Waals surface area contributed by atoms with Gasteiger partial charge in [-0.05, 0) is 19.1 Å². The first kappa shape index (κ1) is 11.2. The number of thiophene rings is 1. The Morgan fingerprint density at radius 1 is 1.43 bits per heavy atom. The van der Waals surface area contributed by atoms with Gasteiger partial charge in [0.1, 0.15) is 0 Å². The van der Waals surface area contributed by atoms with Gasteiger partial charge in [-0.15, -0.1) is 11.3 Å². The Kier molecular flexibility index (Phi) is 4.62. The fourth-order valence-corrected chi connectivity index (χ4v) is 2.07. The summed E-state index contributed by atoms with van der Waals surface area (Å²) < 4.78 is 9.84. The maximum absolute atomic E-state index is 11.1. The predicted molar refractivity (Wildman–Crippen MR) is 55.4 cm³/mol. The van der Waals surface area contributed by atoms with Gasteiger partial charge in [0.2, 0.25) is 0 Å². The summed E-state index contributed by atoms with van der Waals surface area (Å²) in [7, 11) is 1.66. The molecule has 1 aromatic heterocycles. The van der Waals surface area contributed by atoms with E-state index in [4.69, 9.17) is 9.47 Å². The molecule has 0 N–H and O–H groups in total. The highest BCUT2D eigenvalue weighted by molar-refractivity contribution is 7.12. The molecule has 78 valence electrons. The third-order valence-corrected chi connectivity index (χ3v) is 2.69. The smallest absolute Gasteiger partial charge is 0.311 e. The number of rotatable bonds is 5. The molecule has 0 spiro atoms. The molecule has 0 radical (unpaired) electrons. The molecule has 4 heteroatoms. The zero-order valence-electron chi connectivity index (χ0n) is 8.41. The maximum atomic E-state index is 11.1. The fourth-order valence-electron chi connectivity index (χ4n) is 1.09. The van der Waals surface area contributed by atoms with E-state index >= 15 is 0 Å². The van der Waals surface area contributed by atoms with E-state index in [1.807, 2.05) is 19.1 Å². The molecule has 0 atom stereocenters. The summed E-state index contributed by atoms with van der Waals surface area (Å²) in [6.45, 7) is 2.85. The molecule has 0 aliphatic heterocycles. The molecule has 3 nitrogen and oxygen atoms in total. The second kappa shape index (κ2) is 5.78. The Morgan fingerprint density at radius 2 is 2.14 bits per heavy atom. The normalized spacial score (nSPS) is 10.1. The molecule has 0 aliphatic rings. The molecular formula is C10H14O3S. The quantitative estimate of drug-likeness (QED) is 0.703. The lowest BCUT2D eigenvalue weighted by atomic mass is 10.3. The molecule has 1 heterocycles. The summed E-state index contributed by atoms with van der Waals surface area (Å²) >= 11 is 1.59. The largest absolute Gasteiger partial charge is 0.466 e. The van der Waals surface area contributed by atoms with Crippen LogP contribution >= 0.6 is 11.3 Å². The van der Waals surface area contributed by atoms with Crippen LogP contribution in [0.3, 0.4) is 0 Å². The van der Waals surface area contributed by atoms with Crippen molar-refractivity contribution in [1.29, 1.82) is 0 Å². The summed E-state index contributed by atoms with van der Waals surface area (Å²) in [5.41, 5.74) is 0. The van der Waals surface area contributed by atoms with Crippen LogP contribution in [-0.2, 0) is 27.3 Å². The zero-order valence-corrected chi connectivity index (χ0v) is 9.23. The number of methoxy groups -OCH3 is 1. The number of hydrogen-bond acceptors (Lipinski definition) is 4. The van der Waals surface area contributed by atoms with Crippen molar-refractivity contribution in [2.45, 2.75) is 20.0 Å². The average Bonchev–Trinajstić information content (AvgIpc) is 2.53. The van der Waals surface area contributed by atoms with E-state index in [0.29, 0.717) is 19.6 Å². The number of carbonyl (C=O) groups excluding carboxylic acids is 1. The second-order valence-electron chi connectivity index (χ2n) is 2.78. The molecule has 0 unspecified atom stereocenters. The van der Waals surface area contributed by atoms with Gasteiger partial charge in [0, 0.05) is 16.9 Å².